The predicted molar refractivity (Wildman–Crippen MR) is 172 cm³/mol. The number of rotatable bonds is 11. The zero-order chi connectivity index (χ0) is 27.9. The van der Waals surface area contributed by atoms with Gasteiger partial charge >= 0.3 is 0 Å². The second-order valence-electron chi connectivity index (χ2n) is 11.0. The van der Waals surface area contributed by atoms with Gasteiger partial charge in [0.25, 0.3) is 0 Å². The summed E-state index contributed by atoms with van der Waals surface area (Å²) >= 11 is 0. The standard InChI is InChI=1S/C36H42N4/c1-4-26(25-40-20-6-7-21-40)22-27(5-2)35(38-3)19-17-31(37)16-18-32-24-34-33(12-9-13-36(34)39-32)30-15-14-28-10-8-11-29(28)23-30/h4-5,9,12-15,17,19,22-24,39H,1,3,6-8,10-11,16,18,20-21,25,37H2,2H3/b26-22+,27-5+,31-17+,35-19-. The average Bonchev–Trinajstić information content (AvgIpc) is 3.75. The first-order chi connectivity index (χ1) is 19.6. The summed E-state index contributed by atoms with van der Waals surface area (Å²) in [4.78, 5) is 10.4. The molecule has 1 aliphatic carbocycles. The van der Waals surface area contributed by atoms with E-state index >= 15 is 0 Å². The van der Waals surface area contributed by atoms with E-state index in [-0.39, 0.29) is 0 Å². The molecule has 2 aromatic carbocycles. The summed E-state index contributed by atoms with van der Waals surface area (Å²) in [6, 6.07) is 15.8. The molecule has 1 saturated heterocycles. The highest BCUT2D eigenvalue weighted by atomic mass is 15.1. The Labute approximate surface area is 239 Å². The van der Waals surface area contributed by atoms with Gasteiger partial charge in [0.1, 0.15) is 0 Å². The molecule has 0 unspecified atom stereocenters. The van der Waals surface area contributed by atoms with Gasteiger partial charge in [-0.2, -0.15) is 0 Å². The van der Waals surface area contributed by atoms with E-state index in [2.05, 4.69) is 82.8 Å². The van der Waals surface area contributed by atoms with Crippen LogP contribution < -0.4 is 5.73 Å². The minimum atomic E-state index is 0.760. The Bertz CT molecular complexity index is 1500. The molecule has 1 fully saturated rings. The zero-order valence-corrected chi connectivity index (χ0v) is 23.9. The molecule has 3 N–H and O–H groups in total. The van der Waals surface area contributed by atoms with Gasteiger partial charge in [0.2, 0.25) is 0 Å². The maximum atomic E-state index is 6.45. The third-order valence-electron chi connectivity index (χ3n) is 8.25. The fourth-order valence-electron chi connectivity index (χ4n) is 6.00. The van der Waals surface area contributed by atoms with Crippen LogP contribution in [0.4, 0.5) is 0 Å². The highest BCUT2D eigenvalue weighted by molar-refractivity contribution is 5.95. The Kier molecular flexibility index (Phi) is 8.98. The highest BCUT2D eigenvalue weighted by Crippen LogP contribution is 2.33. The normalized spacial score (nSPS) is 17.0. The van der Waals surface area contributed by atoms with Crippen LogP contribution in [0.15, 0.2) is 107 Å². The Hall–Kier alpha value is -3.89. The van der Waals surface area contributed by atoms with Gasteiger partial charge in [-0.3, -0.25) is 9.89 Å². The molecule has 5 rings (SSSR count). The third-order valence-corrected chi connectivity index (χ3v) is 8.25. The Morgan fingerprint density at radius 3 is 2.65 bits per heavy atom. The summed E-state index contributed by atoms with van der Waals surface area (Å²) in [6.45, 7) is 13.1. The van der Waals surface area contributed by atoms with Gasteiger partial charge < -0.3 is 10.7 Å². The third kappa shape index (κ3) is 6.46. The van der Waals surface area contributed by atoms with Crippen LogP contribution >= 0.6 is 0 Å². The zero-order valence-electron chi connectivity index (χ0n) is 23.9. The SMILES string of the molecule is C=C\C(=C/C(=C\C)C(=C/C=C(/N)CCc1cc2c(-c3ccc4c(c3)CCC4)cccc2[nH]1)/N=C)CN1CCCC1. The number of hydrogen-bond donors (Lipinski definition) is 2. The molecule has 206 valence electrons. The fraction of sp³-hybridized carbons (Fsp3) is 0.306. The summed E-state index contributed by atoms with van der Waals surface area (Å²) < 4.78 is 0. The van der Waals surface area contributed by atoms with E-state index in [0.29, 0.717) is 0 Å². The molecule has 0 bridgehead atoms. The monoisotopic (exact) mass is 530 g/mol. The van der Waals surface area contributed by atoms with Gasteiger partial charge in [0, 0.05) is 28.8 Å². The van der Waals surface area contributed by atoms with E-state index in [0.717, 1.165) is 49.4 Å². The first kappa shape index (κ1) is 27.7. The van der Waals surface area contributed by atoms with Crippen molar-refractivity contribution in [2.24, 2.45) is 10.7 Å². The minimum Gasteiger partial charge on any atom is -0.402 e. The Morgan fingerprint density at radius 2 is 1.88 bits per heavy atom. The number of aromatic nitrogens is 1. The first-order valence-corrected chi connectivity index (χ1v) is 14.7. The number of aryl methyl sites for hydroxylation is 3. The summed E-state index contributed by atoms with van der Waals surface area (Å²) in [7, 11) is 0. The fourth-order valence-corrected chi connectivity index (χ4v) is 6.00. The summed E-state index contributed by atoms with van der Waals surface area (Å²) in [5.74, 6) is 0. The quantitative estimate of drug-likeness (QED) is 0.196. The molecule has 0 saturated carbocycles. The van der Waals surface area contributed by atoms with Crippen molar-refractivity contribution < 1.29 is 0 Å². The number of aliphatic imine (C=N–C) groups is 1. The molecular formula is C36H42N4. The molecule has 2 aliphatic rings. The summed E-state index contributed by atoms with van der Waals surface area (Å²) in [6.07, 6.45) is 18.0. The van der Waals surface area contributed by atoms with E-state index in [1.54, 1.807) is 0 Å². The molecule has 4 nitrogen and oxygen atoms in total. The van der Waals surface area contributed by atoms with Crippen LogP contribution in [0, 0.1) is 0 Å². The number of allylic oxidation sites excluding steroid dienone is 5. The lowest BCUT2D eigenvalue weighted by Crippen LogP contribution is -2.21. The molecule has 0 atom stereocenters. The topological polar surface area (TPSA) is 57.4 Å². The van der Waals surface area contributed by atoms with Crippen LogP contribution in [-0.4, -0.2) is 36.2 Å². The van der Waals surface area contributed by atoms with Crippen LogP contribution in [0.25, 0.3) is 22.0 Å². The number of fused-ring (bicyclic) bond motifs is 2. The molecule has 2 heterocycles. The number of nitrogens with one attached hydrogen (secondary N) is 1. The predicted octanol–water partition coefficient (Wildman–Crippen LogP) is 7.84. The number of likely N-dealkylation sites (tertiary alicyclic amines) is 1. The number of nitrogens with two attached hydrogens (primary N) is 1. The molecular weight excluding hydrogens is 488 g/mol. The Morgan fingerprint density at radius 1 is 1.05 bits per heavy atom. The van der Waals surface area contributed by atoms with Gasteiger partial charge in [-0.15, -0.1) is 0 Å². The van der Waals surface area contributed by atoms with Crippen molar-refractivity contribution in [2.45, 2.75) is 51.9 Å². The highest BCUT2D eigenvalue weighted by Gasteiger charge is 2.14. The van der Waals surface area contributed by atoms with Crippen LogP contribution in [-0.2, 0) is 19.3 Å². The Balaban J connectivity index is 1.27. The second-order valence-corrected chi connectivity index (χ2v) is 11.0. The molecule has 0 spiro atoms. The smallest absolute Gasteiger partial charge is 0.0692 e. The maximum absolute atomic E-state index is 6.45. The largest absolute Gasteiger partial charge is 0.402 e. The lowest BCUT2D eigenvalue weighted by atomic mass is 9.98. The van der Waals surface area contributed by atoms with E-state index in [1.165, 1.54) is 76.5 Å². The van der Waals surface area contributed by atoms with Crippen molar-refractivity contribution in [2.75, 3.05) is 19.6 Å². The second kappa shape index (κ2) is 13.0. The lowest BCUT2D eigenvalue weighted by molar-refractivity contribution is 0.371. The van der Waals surface area contributed by atoms with E-state index in [1.807, 2.05) is 25.2 Å². The number of benzene rings is 2. The summed E-state index contributed by atoms with van der Waals surface area (Å²) in [5, 5.41) is 1.27. The van der Waals surface area contributed by atoms with Crippen molar-refractivity contribution in [3.05, 3.63) is 119 Å². The average molecular weight is 531 g/mol. The minimum absolute atomic E-state index is 0.760. The van der Waals surface area contributed by atoms with Crippen molar-refractivity contribution in [3.63, 3.8) is 0 Å². The van der Waals surface area contributed by atoms with Gasteiger partial charge in [0.05, 0.1) is 5.70 Å². The molecule has 40 heavy (non-hydrogen) atoms. The molecule has 0 amide bonds. The summed E-state index contributed by atoms with van der Waals surface area (Å²) in [5.41, 5.74) is 18.3. The van der Waals surface area contributed by atoms with Crippen LogP contribution in [0.5, 0.6) is 0 Å². The van der Waals surface area contributed by atoms with Crippen molar-refractivity contribution in [1.82, 2.24) is 9.88 Å². The number of aromatic amines is 1. The molecule has 4 heteroatoms. The number of nitrogens with zero attached hydrogens (tertiary/aromatic N) is 2. The van der Waals surface area contributed by atoms with Gasteiger partial charge in [-0.05, 0) is 135 Å². The van der Waals surface area contributed by atoms with E-state index < -0.39 is 0 Å². The van der Waals surface area contributed by atoms with Crippen molar-refractivity contribution in [3.8, 4) is 11.1 Å². The van der Waals surface area contributed by atoms with Crippen LogP contribution in [0.2, 0.25) is 0 Å². The molecule has 3 aromatic rings. The first-order valence-electron chi connectivity index (χ1n) is 14.7. The van der Waals surface area contributed by atoms with Gasteiger partial charge in [-0.25, -0.2) is 0 Å². The maximum Gasteiger partial charge on any atom is 0.0692 e. The van der Waals surface area contributed by atoms with Gasteiger partial charge in [-0.1, -0.05) is 49.1 Å². The van der Waals surface area contributed by atoms with E-state index in [9.17, 15) is 0 Å². The van der Waals surface area contributed by atoms with Crippen LogP contribution in [0.3, 0.4) is 0 Å². The number of hydrogen-bond acceptors (Lipinski definition) is 3. The molecule has 1 aromatic heterocycles. The van der Waals surface area contributed by atoms with E-state index in [4.69, 9.17) is 5.73 Å². The van der Waals surface area contributed by atoms with Gasteiger partial charge in [0.15, 0.2) is 0 Å². The van der Waals surface area contributed by atoms with Crippen LogP contribution in [0.1, 0.15) is 49.4 Å². The molecule has 1 aliphatic heterocycles. The lowest BCUT2D eigenvalue weighted by Gasteiger charge is -2.15. The number of H-pyrrole nitrogens is 1. The van der Waals surface area contributed by atoms with Crippen molar-refractivity contribution >= 4 is 17.6 Å². The van der Waals surface area contributed by atoms with Crippen molar-refractivity contribution in [1.29, 1.82) is 0 Å². The molecule has 0 radical (unpaired) electrons.